The maximum atomic E-state index is 11.7. The minimum absolute atomic E-state index is 0.227. The largest absolute Gasteiger partial charge is 0.483 e. The number of hydrogen-bond acceptors (Lipinski definition) is 5. The van der Waals surface area contributed by atoms with Crippen LogP contribution in [0.2, 0.25) is 0 Å². The van der Waals surface area contributed by atoms with Gasteiger partial charge in [-0.25, -0.2) is 0 Å². The van der Waals surface area contributed by atoms with Gasteiger partial charge in [-0.2, -0.15) is 0 Å². The normalized spacial score (nSPS) is 10.2. The van der Waals surface area contributed by atoms with Crippen molar-refractivity contribution >= 4 is 17.6 Å². The minimum atomic E-state index is -0.613. The van der Waals surface area contributed by atoms with Crippen molar-refractivity contribution in [3.63, 3.8) is 0 Å². The number of nitrogens with zero attached hydrogens (tertiary/aromatic N) is 1. The molecule has 7 heteroatoms. The van der Waals surface area contributed by atoms with Gasteiger partial charge in [0.25, 0.3) is 11.8 Å². The zero-order valence-electron chi connectivity index (χ0n) is 11.7. The van der Waals surface area contributed by atoms with Crippen LogP contribution in [0.25, 0.3) is 0 Å². The van der Waals surface area contributed by atoms with Gasteiger partial charge >= 0.3 is 0 Å². The van der Waals surface area contributed by atoms with Crippen LogP contribution in [0.3, 0.4) is 0 Å². The SMILES string of the molecule is Cc1ccc(C(N)=O)c(OCC(=O)Nc2cc(C)on2)c1. The Bertz CT molecular complexity index is 679. The Labute approximate surface area is 121 Å². The van der Waals surface area contributed by atoms with E-state index in [1.165, 1.54) is 0 Å². The molecule has 1 heterocycles. The standard InChI is InChI=1S/C14H15N3O4/c1-8-3-4-10(14(15)19)11(5-8)20-7-13(18)16-12-6-9(2)21-17-12/h3-6H,7H2,1-2H3,(H2,15,19)(H,16,17,18). The molecule has 0 spiro atoms. The highest BCUT2D eigenvalue weighted by molar-refractivity contribution is 5.96. The molecular formula is C14H15N3O4. The molecule has 7 nitrogen and oxygen atoms in total. The minimum Gasteiger partial charge on any atom is -0.483 e. The number of anilines is 1. The third-order valence-corrected chi connectivity index (χ3v) is 2.66. The number of aryl methyl sites for hydroxylation is 2. The summed E-state index contributed by atoms with van der Waals surface area (Å²) in [5.41, 5.74) is 6.37. The Morgan fingerprint density at radius 2 is 2.10 bits per heavy atom. The van der Waals surface area contributed by atoms with Crippen LogP contribution in [0.15, 0.2) is 28.8 Å². The molecule has 3 N–H and O–H groups in total. The number of carbonyl (C=O) groups is 2. The van der Waals surface area contributed by atoms with Gasteiger partial charge in [-0.15, -0.1) is 0 Å². The lowest BCUT2D eigenvalue weighted by Crippen LogP contribution is -2.22. The Morgan fingerprint density at radius 1 is 1.33 bits per heavy atom. The Morgan fingerprint density at radius 3 is 2.71 bits per heavy atom. The molecule has 21 heavy (non-hydrogen) atoms. The van der Waals surface area contributed by atoms with E-state index in [1.54, 1.807) is 31.2 Å². The van der Waals surface area contributed by atoms with Crippen molar-refractivity contribution < 1.29 is 18.8 Å². The van der Waals surface area contributed by atoms with Gasteiger partial charge in [0.05, 0.1) is 5.56 Å². The number of aromatic nitrogens is 1. The molecule has 2 amide bonds. The lowest BCUT2D eigenvalue weighted by molar-refractivity contribution is -0.118. The van der Waals surface area contributed by atoms with Gasteiger partial charge in [0.15, 0.2) is 12.4 Å². The van der Waals surface area contributed by atoms with E-state index in [2.05, 4.69) is 10.5 Å². The summed E-state index contributed by atoms with van der Waals surface area (Å²) in [6.45, 7) is 3.29. The van der Waals surface area contributed by atoms with E-state index in [-0.39, 0.29) is 17.9 Å². The van der Waals surface area contributed by atoms with Crippen LogP contribution >= 0.6 is 0 Å². The predicted octanol–water partition coefficient (Wildman–Crippen LogP) is 1.41. The van der Waals surface area contributed by atoms with E-state index >= 15 is 0 Å². The Balaban J connectivity index is 2.00. The van der Waals surface area contributed by atoms with Crippen molar-refractivity contribution in [2.45, 2.75) is 13.8 Å². The van der Waals surface area contributed by atoms with Crippen LogP contribution in [-0.2, 0) is 4.79 Å². The van der Waals surface area contributed by atoms with Gasteiger partial charge in [-0.1, -0.05) is 11.2 Å². The maximum absolute atomic E-state index is 11.7. The van der Waals surface area contributed by atoms with E-state index < -0.39 is 11.8 Å². The number of primary amides is 1. The quantitative estimate of drug-likeness (QED) is 0.865. The van der Waals surface area contributed by atoms with E-state index in [4.69, 9.17) is 15.0 Å². The first-order valence-corrected chi connectivity index (χ1v) is 6.22. The summed E-state index contributed by atoms with van der Waals surface area (Å²) in [6.07, 6.45) is 0. The highest BCUT2D eigenvalue weighted by Crippen LogP contribution is 2.20. The second-order valence-corrected chi connectivity index (χ2v) is 4.52. The van der Waals surface area contributed by atoms with Crippen LogP contribution in [0.5, 0.6) is 5.75 Å². The second-order valence-electron chi connectivity index (χ2n) is 4.52. The fraction of sp³-hybridized carbons (Fsp3) is 0.214. The third kappa shape index (κ3) is 3.82. The molecule has 0 fully saturated rings. The molecule has 1 aromatic carbocycles. The fourth-order valence-electron chi connectivity index (χ4n) is 1.70. The number of amides is 2. The molecule has 0 aliphatic rings. The lowest BCUT2D eigenvalue weighted by Gasteiger charge is -2.10. The number of nitrogens with one attached hydrogen (secondary N) is 1. The number of carbonyl (C=O) groups excluding carboxylic acids is 2. The molecule has 0 radical (unpaired) electrons. The lowest BCUT2D eigenvalue weighted by atomic mass is 10.1. The number of benzene rings is 1. The number of hydrogen-bond donors (Lipinski definition) is 2. The molecule has 0 atom stereocenters. The zero-order valence-corrected chi connectivity index (χ0v) is 11.7. The molecule has 0 unspecified atom stereocenters. The third-order valence-electron chi connectivity index (χ3n) is 2.66. The predicted molar refractivity (Wildman–Crippen MR) is 75.1 cm³/mol. The van der Waals surface area contributed by atoms with E-state index in [1.807, 2.05) is 6.92 Å². The first kappa shape index (κ1) is 14.6. The number of rotatable bonds is 5. The van der Waals surface area contributed by atoms with Gasteiger partial charge in [0.2, 0.25) is 0 Å². The molecule has 2 aromatic rings. The average Bonchev–Trinajstić information content (AvgIpc) is 2.81. The summed E-state index contributed by atoms with van der Waals surface area (Å²) < 4.78 is 10.2. The summed E-state index contributed by atoms with van der Waals surface area (Å²) >= 11 is 0. The summed E-state index contributed by atoms with van der Waals surface area (Å²) in [6, 6.07) is 6.53. The van der Waals surface area contributed by atoms with Crippen molar-refractivity contribution in [1.82, 2.24) is 5.16 Å². The van der Waals surface area contributed by atoms with Crippen LogP contribution < -0.4 is 15.8 Å². The molecular weight excluding hydrogens is 274 g/mol. The van der Waals surface area contributed by atoms with E-state index in [9.17, 15) is 9.59 Å². The first-order chi connectivity index (χ1) is 9.95. The van der Waals surface area contributed by atoms with Crippen LogP contribution in [0, 0.1) is 13.8 Å². The van der Waals surface area contributed by atoms with Crippen LogP contribution in [0.1, 0.15) is 21.7 Å². The fourth-order valence-corrected chi connectivity index (χ4v) is 1.70. The van der Waals surface area contributed by atoms with E-state index in [0.29, 0.717) is 11.6 Å². The van der Waals surface area contributed by atoms with Gasteiger partial charge in [0, 0.05) is 6.07 Å². The maximum Gasteiger partial charge on any atom is 0.263 e. The summed E-state index contributed by atoms with van der Waals surface area (Å²) in [5, 5.41) is 6.15. The molecule has 110 valence electrons. The average molecular weight is 289 g/mol. The van der Waals surface area contributed by atoms with Gasteiger partial charge in [-0.3, -0.25) is 9.59 Å². The molecule has 0 saturated heterocycles. The van der Waals surface area contributed by atoms with Crippen molar-refractivity contribution in [3.8, 4) is 5.75 Å². The van der Waals surface area contributed by atoms with Gasteiger partial charge < -0.3 is 20.3 Å². The highest BCUT2D eigenvalue weighted by Gasteiger charge is 2.12. The van der Waals surface area contributed by atoms with Crippen LogP contribution in [0.4, 0.5) is 5.82 Å². The van der Waals surface area contributed by atoms with Crippen molar-refractivity contribution in [1.29, 1.82) is 0 Å². The summed E-state index contributed by atoms with van der Waals surface area (Å²) in [5.74, 6) is 0.133. The molecule has 1 aromatic heterocycles. The zero-order chi connectivity index (χ0) is 15.4. The molecule has 0 aliphatic heterocycles. The molecule has 0 saturated carbocycles. The monoisotopic (exact) mass is 289 g/mol. The molecule has 2 rings (SSSR count). The Kier molecular flexibility index (Phi) is 4.22. The first-order valence-electron chi connectivity index (χ1n) is 6.22. The van der Waals surface area contributed by atoms with Gasteiger partial charge in [-0.05, 0) is 31.5 Å². The summed E-state index contributed by atoms with van der Waals surface area (Å²) in [7, 11) is 0. The van der Waals surface area contributed by atoms with Gasteiger partial charge in [0.1, 0.15) is 11.5 Å². The smallest absolute Gasteiger partial charge is 0.263 e. The van der Waals surface area contributed by atoms with Crippen LogP contribution in [-0.4, -0.2) is 23.6 Å². The van der Waals surface area contributed by atoms with E-state index in [0.717, 1.165) is 5.56 Å². The second kappa shape index (κ2) is 6.08. The molecule has 0 bridgehead atoms. The highest BCUT2D eigenvalue weighted by atomic mass is 16.5. The Hall–Kier alpha value is -2.83. The van der Waals surface area contributed by atoms with Crippen molar-refractivity contribution in [2.75, 3.05) is 11.9 Å². The number of nitrogens with two attached hydrogens (primary N) is 1. The summed E-state index contributed by atoms with van der Waals surface area (Å²) in [4.78, 5) is 23.0. The van der Waals surface area contributed by atoms with Crippen molar-refractivity contribution in [2.24, 2.45) is 5.73 Å². The van der Waals surface area contributed by atoms with Crippen molar-refractivity contribution in [3.05, 3.63) is 41.2 Å². The number of ether oxygens (including phenoxy) is 1. The molecule has 0 aliphatic carbocycles. The topological polar surface area (TPSA) is 107 Å².